The van der Waals surface area contributed by atoms with Gasteiger partial charge in [0.15, 0.2) is 0 Å². The number of hydrogen-bond acceptors (Lipinski definition) is 4. The van der Waals surface area contributed by atoms with Gasteiger partial charge in [0.1, 0.15) is 0 Å². The van der Waals surface area contributed by atoms with E-state index in [0.29, 0.717) is 0 Å². The highest BCUT2D eigenvalue weighted by molar-refractivity contribution is 6.62. The smallest absolute Gasteiger partial charge is 0.399 e. The van der Waals surface area contributed by atoms with E-state index in [-0.39, 0.29) is 18.3 Å². The molecule has 1 aromatic carbocycles. The van der Waals surface area contributed by atoms with Crippen molar-refractivity contribution in [2.45, 2.75) is 38.9 Å². The molecule has 3 heterocycles. The number of fused-ring (bicyclic) bond motifs is 1. The van der Waals surface area contributed by atoms with Gasteiger partial charge in [-0.2, -0.15) is 5.10 Å². The zero-order valence-electron chi connectivity index (χ0n) is 14.3. The Morgan fingerprint density at radius 2 is 1.79 bits per heavy atom. The van der Waals surface area contributed by atoms with Crippen LogP contribution < -0.4 is 5.46 Å². The van der Waals surface area contributed by atoms with Gasteiger partial charge in [0.25, 0.3) is 0 Å². The van der Waals surface area contributed by atoms with E-state index in [9.17, 15) is 0 Å². The van der Waals surface area contributed by atoms with Crippen LogP contribution in [-0.2, 0) is 9.31 Å². The molecule has 2 aromatic heterocycles. The molecule has 0 radical (unpaired) electrons. The van der Waals surface area contributed by atoms with Gasteiger partial charge < -0.3 is 9.31 Å². The third-order valence-electron chi connectivity index (χ3n) is 5.10. The molecule has 24 heavy (non-hydrogen) atoms. The summed E-state index contributed by atoms with van der Waals surface area (Å²) in [5.74, 6) is 0. The summed E-state index contributed by atoms with van der Waals surface area (Å²) in [6, 6.07) is 8.14. The fourth-order valence-electron chi connectivity index (χ4n) is 2.94. The SMILES string of the molecule is CC1(C)OB(c2ccc3nccc(-c4cn[nH]c4)c3c2)OC1(C)C. The van der Waals surface area contributed by atoms with Gasteiger partial charge >= 0.3 is 7.12 Å². The van der Waals surface area contributed by atoms with Gasteiger partial charge in [-0.25, -0.2) is 0 Å². The Balaban J connectivity index is 1.81. The van der Waals surface area contributed by atoms with Gasteiger partial charge in [-0.3, -0.25) is 10.1 Å². The largest absolute Gasteiger partial charge is 0.494 e. The molecule has 6 heteroatoms. The van der Waals surface area contributed by atoms with E-state index in [4.69, 9.17) is 9.31 Å². The van der Waals surface area contributed by atoms with Gasteiger partial charge in [-0.1, -0.05) is 12.1 Å². The molecule has 0 unspecified atom stereocenters. The highest BCUT2D eigenvalue weighted by atomic mass is 16.7. The number of benzene rings is 1. The van der Waals surface area contributed by atoms with Crippen LogP contribution in [0.1, 0.15) is 27.7 Å². The Labute approximate surface area is 141 Å². The van der Waals surface area contributed by atoms with Crippen LogP contribution in [0.25, 0.3) is 22.0 Å². The number of H-pyrrole nitrogens is 1. The Kier molecular flexibility index (Phi) is 3.30. The number of pyridine rings is 1. The fraction of sp³-hybridized carbons (Fsp3) is 0.333. The van der Waals surface area contributed by atoms with Crippen LogP contribution in [0.15, 0.2) is 42.9 Å². The second kappa shape index (κ2) is 5.16. The average molecular weight is 321 g/mol. The van der Waals surface area contributed by atoms with Crippen LogP contribution in [0.4, 0.5) is 0 Å². The molecule has 1 aliphatic rings. The van der Waals surface area contributed by atoms with Gasteiger partial charge in [0.2, 0.25) is 0 Å². The first-order valence-corrected chi connectivity index (χ1v) is 8.11. The zero-order chi connectivity index (χ0) is 16.9. The Morgan fingerprint density at radius 1 is 1.04 bits per heavy atom. The number of nitrogens with zero attached hydrogens (tertiary/aromatic N) is 2. The topological polar surface area (TPSA) is 60.0 Å². The molecular formula is C18H20BN3O2. The lowest BCUT2D eigenvalue weighted by Crippen LogP contribution is -2.41. The van der Waals surface area contributed by atoms with E-state index in [1.165, 1.54) is 0 Å². The van der Waals surface area contributed by atoms with Gasteiger partial charge in [0, 0.05) is 23.3 Å². The standard InChI is InChI=1S/C18H20BN3O2/c1-17(2)18(3,4)24-19(23-17)13-5-6-16-15(9-13)14(7-8-20-16)12-10-21-22-11-12/h5-11H,1-4H3,(H,21,22). The van der Waals surface area contributed by atoms with Crippen molar-refractivity contribution < 1.29 is 9.31 Å². The monoisotopic (exact) mass is 321 g/mol. The second-order valence-corrected chi connectivity index (χ2v) is 7.21. The molecular weight excluding hydrogens is 301 g/mol. The summed E-state index contributed by atoms with van der Waals surface area (Å²) in [6.45, 7) is 8.25. The van der Waals surface area contributed by atoms with Crippen molar-refractivity contribution in [2.24, 2.45) is 0 Å². The lowest BCUT2D eigenvalue weighted by molar-refractivity contribution is 0.00578. The summed E-state index contributed by atoms with van der Waals surface area (Å²) < 4.78 is 12.3. The minimum Gasteiger partial charge on any atom is -0.399 e. The van der Waals surface area contributed by atoms with E-state index in [1.807, 2.05) is 36.8 Å². The average Bonchev–Trinajstić information content (AvgIpc) is 3.13. The van der Waals surface area contributed by atoms with E-state index in [1.54, 1.807) is 0 Å². The number of aromatic nitrogens is 3. The molecule has 1 aliphatic heterocycles. The molecule has 0 amide bonds. The summed E-state index contributed by atoms with van der Waals surface area (Å²) in [5.41, 5.74) is 3.36. The van der Waals surface area contributed by atoms with E-state index >= 15 is 0 Å². The number of aromatic amines is 1. The van der Waals surface area contributed by atoms with E-state index < -0.39 is 0 Å². The summed E-state index contributed by atoms with van der Waals surface area (Å²) in [7, 11) is -0.378. The van der Waals surface area contributed by atoms with Crippen LogP contribution in [0, 0.1) is 0 Å². The summed E-state index contributed by atoms with van der Waals surface area (Å²) in [6.07, 6.45) is 5.52. The first kappa shape index (κ1) is 15.4. The van der Waals surface area contributed by atoms with Gasteiger partial charge in [0.05, 0.1) is 22.9 Å². The minimum absolute atomic E-state index is 0.352. The molecule has 1 N–H and O–H groups in total. The van der Waals surface area contributed by atoms with Crippen LogP contribution >= 0.6 is 0 Å². The van der Waals surface area contributed by atoms with Crippen molar-refractivity contribution in [3.05, 3.63) is 42.9 Å². The molecule has 5 nitrogen and oxygen atoms in total. The van der Waals surface area contributed by atoms with Gasteiger partial charge in [-0.15, -0.1) is 0 Å². The highest BCUT2D eigenvalue weighted by Gasteiger charge is 2.51. The maximum atomic E-state index is 6.17. The van der Waals surface area contributed by atoms with E-state index in [2.05, 4.69) is 48.9 Å². The predicted molar refractivity (Wildman–Crippen MR) is 95.0 cm³/mol. The van der Waals surface area contributed by atoms with Gasteiger partial charge in [-0.05, 0) is 50.9 Å². The molecule has 0 saturated carbocycles. The lowest BCUT2D eigenvalue weighted by atomic mass is 9.78. The molecule has 0 bridgehead atoms. The third-order valence-corrected chi connectivity index (χ3v) is 5.10. The Bertz CT molecular complexity index is 874. The molecule has 1 fully saturated rings. The second-order valence-electron chi connectivity index (χ2n) is 7.21. The van der Waals surface area contributed by atoms with Crippen LogP contribution in [0.2, 0.25) is 0 Å². The summed E-state index contributed by atoms with van der Waals surface area (Å²) >= 11 is 0. The number of nitrogens with one attached hydrogen (secondary N) is 1. The van der Waals surface area contributed by atoms with Crippen LogP contribution in [-0.4, -0.2) is 33.5 Å². The fourth-order valence-corrected chi connectivity index (χ4v) is 2.94. The first-order chi connectivity index (χ1) is 11.4. The summed E-state index contributed by atoms with van der Waals surface area (Å²) in [5, 5.41) is 7.97. The Morgan fingerprint density at radius 3 is 2.46 bits per heavy atom. The summed E-state index contributed by atoms with van der Waals surface area (Å²) in [4.78, 5) is 4.46. The quantitative estimate of drug-likeness (QED) is 0.737. The molecule has 0 spiro atoms. The molecule has 3 aromatic rings. The van der Waals surface area contributed by atoms with Crippen molar-refractivity contribution in [3.63, 3.8) is 0 Å². The molecule has 4 rings (SSSR count). The van der Waals surface area contributed by atoms with Crippen LogP contribution in [0.5, 0.6) is 0 Å². The molecule has 0 atom stereocenters. The Hall–Kier alpha value is -2.18. The minimum atomic E-state index is -0.378. The van der Waals surface area contributed by atoms with Crippen molar-refractivity contribution in [2.75, 3.05) is 0 Å². The third kappa shape index (κ3) is 2.34. The molecule has 0 aliphatic carbocycles. The zero-order valence-corrected chi connectivity index (χ0v) is 14.3. The first-order valence-electron chi connectivity index (χ1n) is 8.11. The predicted octanol–water partition coefficient (Wildman–Crippen LogP) is 2.92. The molecule has 1 saturated heterocycles. The lowest BCUT2D eigenvalue weighted by Gasteiger charge is -2.32. The molecule has 122 valence electrons. The van der Waals surface area contributed by atoms with E-state index in [0.717, 1.165) is 27.5 Å². The van der Waals surface area contributed by atoms with Crippen molar-refractivity contribution >= 4 is 23.5 Å². The maximum absolute atomic E-state index is 6.17. The van der Waals surface area contributed by atoms with Crippen molar-refractivity contribution in [1.29, 1.82) is 0 Å². The number of hydrogen-bond donors (Lipinski definition) is 1. The maximum Gasteiger partial charge on any atom is 0.494 e. The number of rotatable bonds is 2. The van der Waals surface area contributed by atoms with Crippen molar-refractivity contribution in [1.82, 2.24) is 15.2 Å². The highest BCUT2D eigenvalue weighted by Crippen LogP contribution is 2.37. The normalized spacial score (nSPS) is 19.1. The van der Waals surface area contributed by atoms with Crippen molar-refractivity contribution in [3.8, 4) is 11.1 Å². The van der Waals surface area contributed by atoms with Crippen LogP contribution in [0.3, 0.4) is 0 Å².